The fourth-order valence-corrected chi connectivity index (χ4v) is 3.38. The summed E-state index contributed by atoms with van der Waals surface area (Å²) in [5.41, 5.74) is 2.95. The highest BCUT2D eigenvalue weighted by Crippen LogP contribution is 2.27. The third-order valence-corrected chi connectivity index (χ3v) is 5.00. The second-order valence-electron chi connectivity index (χ2n) is 7.29. The molecule has 0 unspecified atom stereocenters. The number of para-hydroxylation sites is 2. The van der Waals surface area contributed by atoms with Gasteiger partial charge in [0.15, 0.2) is 6.61 Å². The lowest BCUT2D eigenvalue weighted by Crippen LogP contribution is -2.30. The number of ether oxygens (including phenoxy) is 2. The average molecular weight is 433 g/mol. The summed E-state index contributed by atoms with van der Waals surface area (Å²) in [6.07, 6.45) is 3.56. The molecule has 2 aromatic heterocycles. The number of hydrogen-bond acceptors (Lipinski definition) is 6. The minimum Gasteiger partial charge on any atom is -0.450 e. The van der Waals surface area contributed by atoms with E-state index in [0.29, 0.717) is 17.7 Å². The van der Waals surface area contributed by atoms with Gasteiger partial charge in [-0.3, -0.25) is 4.79 Å². The monoisotopic (exact) mass is 433 g/mol. The summed E-state index contributed by atoms with van der Waals surface area (Å²) in [7, 11) is 3.18. The largest absolute Gasteiger partial charge is 0.450 e. The predicted octanol–water partition coefficient (Wildman–Crippen LogP) is 3.58. The second-order valence-corrected chi connectivity index (χ2v) is 7.29. The molecule has 0 aliphatic carbocycles. The van der Waals surface area contributed by atoms with Gasteiger partial charge in [-0.05, 0) is 18.2 Å². The minimum absolute atomic E-state index is 0.0487. The highest BCUT2D eigenvalue weighted by Gasteiger charge is 2.23. The average Bonchev–Trinajstić information content (AvgIpc) is 3.43. The summed E-state index contributed by atoms with van der Waals surface area (Å²) in [4.78, 5) is 26.6. The van der Waals surface area contributed by atoms with Gasteiger partial charge in [-0.1, -0.05) is 36.4 Å². The molecule has 0 aliphatic rings. The number of carbonyl (C=O) groups excluding carboxylic acids is 2. The molecule has 0 spiro atoms. The van der Waals surface area contributed by atoms with E-state index in [1.807, 2.05) is 54.7 Å². The number of nitrogens with zero attached hydrogens (tertiary/aromatic N) is 3. The van der Waals surface area contributed by atoms with Crippen molar-refractivity contribution in [1.29, 1.82) is 0 Å². The van der Waals surface area contributed by atoms with E-state index in [4.69, 9.17) is 13.9 Å². The number of benzene rings is 2. The van der Waals surface area contributed by atoms with Crippen LogP contribution in [0.5, 0.6) is 0 Å². The molecule has 0 saturated carbocycles. The molecule has 8 heteroatoms. The summed E-state index contributed by atoms with van der Waals surface area (Å²) in [6.45, 7) is 0.134. The molecular formula is C24H23N3O5. The maximum Gasteiger partial charge on any atom is 0.375 e. The molecule has 4 rings (SSSR count). The van der Waals surface area contributed by atoms with Crippen molar-refractivity contribution in [3.05, 3.63) is 83.9 Å². The summed E-state index contributed by atoms with van der Waals surface area (Å²) >= 11 is 0. The van der Waals surface area contributed by atoms with E-state index < -0.39 is 12.6 Å². The Morgan fingerprint density at radius 1 is 1.09 bits per heavy atom. The summed E-state index contributed by atoms with van der Waals surface area (Å²) in [5.74, 6) is -0.991. The van der Waals surface area contributed by atoms with Gasteiger partial charge in [0.2, 0.25) is 5.76 Å². The minimum atomic E-state index is -0.702. The third kappa shape index (κ3) is 4.55. The molecule has 0 atom stereocenters. The molecule has 2 heterocycles. The Morgan fingerprint density at radius 3 is 2.62 bits per heavy atom. The Morgan fingerprint density at radius 2 is 1.84 bits per heavy atom. The molecule has 32 heavy (non-hydrogen) atoms. The van der Waals surface area contributed by atoms with Crippen LogP contribution in [0.3, 0.4) is 0 Å². The fourth-order valence-electron chi connectivity index (χ4n) is 3.38. The van der Waals surface area contributed by atoms with Gasteiger partial charge < -0.3 is 18.8 Å². The molecule has 0 fully saturated rings. The summed E-state index contributed by atoms with van der Waals surface area (Å²) < 4.78 is 17.8. The number of fused-ring (bicyclic) bond motifs is 1. The van der Waals surface area contributed by atoms with E-state index in [9.17, 15) is 9.59 Å². The van der Waals surface area contributed by atoms with Crippen molar-refractivity contribution in [3.63, 3.8) is 0 Å². The number of rotatable bonds is 8. The lowest BCUT2D eigenvalue weighted by atomic mass is 10.1. The van der Waals surface area contributed by atoms with Gasteiger partial charge in [-0.2, -0.15) is 5.10 Å². The molecule has 0 bridgehead atoms. The van der Waals surface area contributed by atoms with Crippen LogP contribution in [-0.4, -0.2) is 47.3 Å². The molecule has 0 radical (unpaired) electrons. The predicted molar refractivity (Wildman–Crippen MR) is 117 cm³/mol. The number of esters is 1. The number of likely N-dealkylation sites (N-methyl/N-ethyl adjacent to an activating group) is 1. The molecule has 0 saturated heterocycles. The van der Waals surface area contributed by atoms with Crippen LogP contribution < -0.4 is 0 Å². The van der Waals surface area contributed by atoms with Gasteiger partial charge >= 0.3 is 5.97 Å². The van der Waals surface area contributed by atoms with Crippen molar-refractivity contribution in [2.24, 2.45) is 0 Å². The number of furan rings is 1. The SMILES string of the molecule is COCc1c(C(=O)OCC(=O)N(C)Cc2cnn(-c3ccccc3)c2)oc2ccccc12. The number of methoxy groups -OCH3 is 1. The zero-order valence-corrected chi connectivity index (χ0v) is 17.9. The smallest absolute Gasteiger partial charge is 0.375 e. The summed E-state index contributed by atoms with van der Waals surface area (Å²) in [5, 5.41) is 5.11. The van der Waals surface area contributed by atoms with E-state index in [-0.39, 0.29) is 18.3 Å². The first-order valence-corrected chi connectivity index (χ1v) is 10.1. The Hall–Kier alpha value is -3.91. The number of carbonyl (C=O) groups is 2. The lowest BCUT2D eigenvalue weighted by molar-refractivity contribution is -0.133. The van der Waals surface area contributed by atoms with E-state index in [2.05, 4.69) is 5.10 Å². The highest BCUT2D eigenvalue weighted by molar-refractivity contribution is 5.96. The quantitative estimate of drug-likeness (QED) is 0.395. The van der Waals surface area contributed by atoms with Gasteiger partial charge in [0, 0.05) is 43.4 Å². The maximum atomic E-state index is 12.6. The second kappa shape index (κ2) is 9.49. The number of amides is 1. The first-order valence-electron chi connectivity index (χ1n) is 10.1. The highest BCUT2D eigenvalue weighted by atomic mass is 16.5. The van der Waals surface area contributed by atoms with Crippen LogP contribution in [0.4, 0.5) is 0 Å². The standard InChI is InChI=1S/C24H23N3O5/c1-26(13-17-12-25-27(14-17)18-8-4-3-5-9-18)22(28)16-31-24(29)23-20(15-30-2)19-10-6-7-11-21(19)32-23/h3-12,14H,13,15-16H2,1-2H3. The molecule has 164 valence electrons. The molecular weight excluding hydrogens is 410 g/mol. The van der Waals surface area contributed by atoms with Crippen molar-refractivity contribution in [1.82, 2.24) is 14.7 Å². The van der Waals surface area contributed by atoms with Crippen LogP contribution >= 0.6 is 0 Å². The number of aromatic nitrogens is 2. The van der Waals surface area contributed by atoms with Gasteiger partial charge in [0.1, 0.15) is 5.58 Å². The van der Waals surface area contributed by atoms with E-state index >= 15 is 0 Å². The lowest BCUT2D eigenvalue weighted by Gasteiger charge is -2.16. The van der Waals surface area contributed by atoms with Crippen molar-refractivity contribution in [2.45, 2.75) is 13.2 Å². The normalized spacial score (nSPS) is 10.9. The Kier molecular flexibility index (Phi) is 6.32. The Labute approximate surface area is 184 Å². The van der Waals surface area contributed by atoms with Crippen molar-refractivity contribution in [3.8, 4) is 5.69 Å². The zero-order chi connectivity index (χ0) is 22.5. The van der Waals surface area contributed by atoms with E-state index in [1.54, 1.807) is 24.0 Å². The van der Waals surface area contributed by atoms with Gasteiger partial charge in [0.05, 0.1) is 18.5 Å². The molecule has 0 aliphatic heterocycles. The van der Waals surface area contributed by atoms with Crippen LogP contribution in [-0.2, 0) is 27.4 Å². The first-order chi connectivity index (χ1) is 15.6. The molecule has 2 aromatic carbocycles. The topological polar surface area (TPSA) is 86.8 Å². The molecule has 4 aromatic rings. The Balaban J connectivity index is 1.37. The molecule has 1 amide bonds. The molecule has 8 nitrogen and oxygen atoms in total. The number of hydrogen-bond donors (Lipinski definition) is 0. The van der Waals surface area contributed by atoms with Crippen LogP contribution in [0.1, 0.15) is 21.7 Å². The maximum absolute atomic E-state index is 12.6. The van der Waals surface area contributed by atoms with Crippen LogP contribution in [0.15, 0.2) is 71.4 Å². The van der Waals surface area contributed by atoms with Crippen LogP contribution in [0.25, 0.3) is 16.7 Å². The van der Waals surface area contributed by atoms with Crippen molar-refractivity contribution >= 4 is 22.8 Å². The third-order valence-electron chi connectivity index (χ3n) is 5.00. The van der Waals surface area contributed by atoms with Gasteiger partial charge in [-0.25, -0.2) is 9.48 Å². The van der Waals surface area contributed by atoms with Crippen molar-refractivity contribution < 1.29 is 23.5 Å². The van der Waals surface area contributed by atoms with Crippen LogP contribution in [0.2, 0.25) is 0 Å². The molecule has 0 N–H and O–H groups in total. The van der Waals surface area contributed by atoms with E-state index in [1.165, 1.54) is 12.0 Å². The zero-order valence-electron chi connectivity index (χ0n) is 17.9. The van der Waals surface area contributed by atoms with Gasteiger partial charge in [0.25, 0.3) is 5.91 Å². The van der Waals surface area contributed by atoms with Gasteiger partial charge in [-0.15, -0.1) is 0 Å². The fraction of sp³-hybridized carbons (Fsp3) is 0.208. The summed E-state index contributed by atoms with van der Waals surface area (Å²) in [6, 6.07) is 17.0. The Bertz CT molecular complexity index is 1230. The first kappa shape index (κ1) is 21.3. The van der Waals surface area contributed by atoms with Crippen LogP contribution in [0, 0.1) is 0 Å². The van der Waals surface area contributed by atoms with E-state index in [0.717, 1.165) is 16.6 Å². The van der Waals surface area contributed by atoms with Crippen molar-refractivity contribution in [2.75, 3.05) is 20.8 Å².